The van der Waals surface area contributed by atoms with Gasteiger partial charge in [-0.2, -0.15) is 0 Å². The van der Waals surface area contributed by atoms with Gasteiger partial charge in [0.2, 0.25) is 0 Å². The molecular formula is C15H19N3O. The molecule has 0 bridgehead atoms. The van der Waals surface area contributed by atoms with Gasteiger partial charge in [-0.25, -0.2) is 0 Å². The molecule has 1 aromatic carbocycles. The fourth-order valence-corrected chi connectivity index (χ4v) is 2.81. The molecule has 1 aromatic heterocycles. The van der Waals surface area contributed by atoms with Crippen LogP contribution in [0.25, 0.3) is 10.9 Å². The lowest BCUT2D eigenvalue weighted by Crippen LogP contribution is -2.42. The maximum atomic E-state index is 9.84. The van der Waals surface area contributed by atoms with Crippen molar-refractivity contribution in [3.8, 4) is 0 Å². The van der Waals surface area contributed by atoms with Gasteiger partial charge in [0, 0.05) is 30.4 Å². The smallest absolute Gasteiger partial charge is 0.0951 e. The summed E-state index contributed by atoms with van der Waals surface area (Å²) < 4.78 is 0. The first kappa shape index (κ1) is 12.2. The minimum absolute atomic E-state index is 0.186. The molecule has 2 heterocycles. The Bertz CT molecular complexity index is 599. The number of fused-ring (bicyclic) bond motifs is 1. The molecule has 0 spiro atoms. The van der Waals surface area contributed by atoms with Crippen molar-refractivity contribution >= 4 is 22.3 Å². The predicted octanol–water partition coefficient (Wildman–Crippen LogP) is 2.02. The van der Waals surface area contributed by atoms with Crippen LogP contribution in [0.15, 0.2) is 30.5 Å². The molecule has 0 aliphatic carbocycles. The summed E-state index contributed by atoms with van der Waals surface area (Å²) in [6.07, 6.45) is 2.40. The predicted molar refractivity (Wildman–Crippen MR) is 78.2 cm³/mol. The molecule has 2 atom stereocenters. The lowest BCUT2D eigenvalue weighted by atomic mass is 9.95. The molecule has 2 aromatic rings. The van der Waals surface area contributed by atoms with Gasteiger partial charge < -0.3 is 15.7 Å². The van der Waals surface area contributed by atoms with E-state index < -0.39 is 0 Å². The van der Waals surface area contributed by atoms with Crippen molar-refractivity contribution in [1.82, 2.24) is 4.98 Å². The summed E-state index contributed by atoms with van der Waals surface area (Å²) in [7, 11) is 0. The summed E-state index contributed by atoms with van der Waals surface area (Å²) in [5.74, 6) is 0.290. The van der Waals surface area contributed by atoms with Crippen molar-refractivity contribution in [2.45, 2.75) is 19.4 Å². The number of nitrogen functional groups attached to an aromatic ring is 1. The highest BCUT2D eigenvalue weighted by molar-refractivity contribution is 5.98. The van der Waals surface area contributed by atoms with Crippen LogP contribution in [0.3, 0.4) is 0 Å². The normalized spacial score (nSPS) is 23.8. The van der Waals surface area contributed by atoms with Crippen molar-refractivity contribution in [2.75, 3.05) is 23.7 Å². The minimum atomic E-state index is -0.186. The van der Waals surface area contributed by atoms with Crippen molar-refractivity contribution in [1.29, 1.82) is 0 Å². The van der Waals surface area contributed by atoms with E-state index in [0.717, 1.165) is 36.1 Å². The molecule has 1 saturated heterocycles. The largest absolute Gasteiger partial charge is 0.397 e. The molecule has 3 rings (SSSR count). The van der Waals surface area contributed by atoms with E-state index >= 15 is 0 Å². The number of nitrogens with zero attached hydrogens (tertiary/aromatic N) is 2. The van der Waals surface area contributed by atoms with Gasteiger partial charge >= 0.3 is 0 Å². The quantitative estimate of drug-likeness (QED) is 0.767. The molecular weight excluding hydrogens is 238 g/mol. The van der Waals surface area contributed by atoms with Gasteiger partial charge in [0.05, 0.1) is 17.3 Å². The lowest BCUT2D eigenvalue weighted by molar-refractivity contribution is 0.0972. The maximum Gasteiger partial charge on any atom is 0.0951 e. The molecule has 0 saturated carbocycles. The average molecular weight is 257 g/mol. The summed E-state index contributed by atoms with van der Waals surface area (Å²) in [5.41, 5.74) is 8.72. The van der Waals surface area contributed by atoms with Crippen LogP contribution in [0.4, 0.5) is 11.4 Å². The van der Waals surface area contributed by atoms with Gasteiger partial charge in [0.15, 0.2) is 0 Å². The van der Waals surface area contributed by atoms with Crippen LogP contribution in [0.1, 0.15) is 13.3 Å². The summed E-state index contributed by atoms with van der Waals surface area (Å²) in [5, 5.41) is 10.9. The van der Waals surface area contributed by atoms with Crippen LogP contribution in [0.5, 0.6) is 0 Å². The second kappa shape index (κ2) is 4.70. The zero-order valence-electron chi connectivity index (χ0n) is 11.1. The van der Waals surface area contributed by atoms with Crippen LogP contribution in [-0.2, 0) is 0 Å². The lowest BCUT2D eigenvalue weighted by Gasteiger charge is -2.36. The maximum absolute atomic E-state index is 9.84. The molecule has 2 unspecified atom stereocenters. The zero-order valence-corrected chi connectivity index (χ0v) is 11.1. The van der Waals surface area contributed by atoms with E-state index in [2.05, 4.69) is 28.9 Å². The van der Waals surface area contributed by atoms with Crippen molar-refractivity contribution in [3.63, 3.8) is 0 Å². The highest BCUT2D eigenvalue weighted by atomic mass is 16.3. The molecule has 1 fully saturated rings. The van der Waals surface area contributed by atoms with Crippen molar-refractivity contribution in [2.24, 2.45) is 5.92 Å². The zero-order chi connectivity index (χ0) is 13.4. The number of aliphatic hydroxyl groups is 1. The SMILES string of the molecule is CC1CN(c2ccc(N)c3ncccc23)CCC1O. The number of anilines is 2. The Morgan fingerprint density at radius 2 is 2.21 bits per heavy atom. The van der Waals surface area contributed by atoms with Gasteiger partial charge in [0.25, 0.3) is 0 Å². The molecule has 19 heavy (non-hydrogen) atoms. The number of nitrogens with two attached hydrogens (primary N) is 1. The van der Waals surface area contributed by atoms with E-state index in [1.165, 1.54) is 0 Å². The molecule has 1 aliphatic heterocycles. The number of pyridine rings is 1. The van der Waals surface area contributed by atoms with E-state index in [1.54, 1.807) is 6.20 Å². The Kier molecular flexibility index (Phi) is 3.03. The standard InChI is InChI=1S/C15H19N3O/c1-10-9-18(8-6-14(10)19)13-5-4-12(16)15-11(13)3-2-7-17-15/h2-5,7,10,14,19H,6,8-9,16H2,1H3. The highest BCUT2D eigenvalue weighted by Crippen LogP contribution is 2.32. The number of piperidine rings is 1. The summed E-state index contributed by atoms with van der Waals surface area (Å²) in [4.78, 5) is 6.69. The third kappa shape index (κ3) is 2.12. The number of aromatic nitrogens is 1. The minimum Gasteiger partial charge on any atom is -0.397 e. The van der Waals surface area contributed by atoms with Crippen LogP contribution >= 0.6 is 0 Å². The Morgan fingerprint density at radius 3 is 3.00 bits per heavy atom. The van der Waals surface area contributed by atoms with Gasteiger partial charge in [-0.05, 0) is 36.6 Å². The Morgan fingerprint density at radius 1 is 1.37 bits per heavy atom. The fourth-order valence-electron chi connectivity index (χ4n) is 2.81. The Labute approximate surface area is 112 Å². The number of benzene rings is 1. The van der Waals surface area contributed by atoms with E-state index in [0.29, 0.717) is 5.69 Å². The number of aliphatic hydroxyl groups excluding tert-OH is 1. The molecule has 4 heteroatoms. The van der Waals surface area contributed by atoms with E-state index in [-0.39, 0.29) is 12.0 Å². The fraction of sp³-hybridized carbons (Fsp3) is 0.400. The molecule has 3 N–H and O–H groups in total. The number of rotatable bonds is 1. The Balaban J connectivity index is 2.04. The second-order valence-corrected chi connectivity index (χ2v) is 5.35. The number of hydrogen-bond donors (Lipinski definition) is 2. The molecule has 1 aliphatic rings. The first-order valence-corrected chi connectivity index (χ1v) is 6.73. The summed E-state index contributed by atoms with van der Waals surface area (Å²) >= 11 is 0. The first-order valence-electron chi connectivity index (χ1n) is 6.73. The summed E-state index contributed by atoms with van der Waals surface area (Å²) in [6, 6.07) is 7.97. The van der Waals surface area contributed by atoms with Crippen LogP contribution < -0.4 is 10.6 Å². The van der Waals surface area contributed by atoms with E-state index in [9.17, 15) is 5.11 Å². The van der Waals surface area contributed by atoms with Gasteiger partial charge in [-0.3, -0.25) is 4.98 Å². The molecule has 0 amide bonds. The third-order valence-corrected chi connectivity index (χ3v) is 3.98. The average Bonchev–Trinajstić information content (AvgIpc) is 2.43. The second-order valence-electron chi connectivity index (χ2n) is 5.35. The van der Waals surface area contributed by atoms with Gasteiger partial charge in [-0.1, -0.05) is 6.92 Å². The van der Waals surface area contributed by atoms with Gasteiger partial charge in [-0.15, -0.1) is 0 Å². The molecule has 4 nitrogen and oxygen atoms in total. The van der Waals surface area contributed by atoms with Crippen LogP contribution in [0, 0.1) is 5.92 Å². The van der Waals surface area contributed by atoms with Crippen LogP contribution in [0.2, 0.25) is 0 Å². The topological polar surface area (TPSA) is 62.4 Å². The monoisotopic (exact) mass is 257 g/mol. The van der Waals surface area contributed by atoms with Crippen molar-refractivity contribution < 1.29 is 5.11 Å². The van der Waals surface area contributed by atoms with Crippen LogP contribution in [-0.4, -0.2) is 29.3 Å². The van der Waals surface area contributed by atoms with Gasteiger partial charge in [0.1, 0.15) is 0 Å². The summed E-state index contributed by atoms with van der Waals surface area (Å²) in [6.45, 7) is 3.84. The third-order valence-electron chi connectivity index (χ3n) is 3.98. The molecule has 100 valence electrons. The first-order chi connectivity index (χ1) is 9.16. The van der Waals surface area contributed by atoms with E-state index in [1.807, 2.05) is 12.1 Å². The van der Waals surface area contributed by atoms with E-state index in [4.69, 9.17) is 5.73 Å². The molecule has 0 radical (unpaired) electrons. The number of hydrogen-bond acceptors (Lipinski definition) is 4. The van der Waals surface area contributed by atoms with Crippen molar-refractivity contribution in [3.05, 3.63) is 30.5 Å². The Hall–Kier alpha value is -1.81. The highest BCUT2D eigenvalue weighted by Gasteiger charge is 2.25.